The van der Waals surface area contributed by atoms with Crippen LogP contribution in [0.4, 0.5) is 0 Å². The van der Waals surface area contributed by atoms with Crippen LogP contribution in [0.3, 0.4) is 0 Å². The Bertz CT molecular complexity index is 134. The van der Waals surface area contributed by atoms with Gasteiger partial charge >= 0.3 is 5.97 Å². The molecular weight excluding hydrogens is 168 g/mol. The van der Waals surface area contributed by atoms with Gasteiger partial charge in [-0.1, -0.05) is 17.4 Å². The first-order valence-corrected chi connectivity index (χ1v) is 4.81. The highest BCUT2D eigenvalue weighted by molar-refractivity contribution is 8.68. The van der Waals surface area contributed by atoms with Crippen LogP contribution in [0, 0.1) is 0 Å². The van der Waals surface area contributed by atoms with E-state index in [4.69, 9.17) is 4.74 Å². The number of rotatable bonds is 4. The molecule has 0 aliphatic carbocycles. The maximum Gasteiger partial charge on any atom is 0.333 e. The molecule has 0 aromatic heterocycles. The summed E-state index contributed by atoms with van der Waals surface area (Å²) in [6.07, 6.45) is 0. The lowest BCUT2D eigenvalue weighted by Gasteiger charge is -2.00. The summed E-state index contributed by atoms with van der Waals surface area (Å²) < 4.78 is 4.74. The van der Waals surface area contributed by atoms with Gasteiger partial charge < -0.3 is 4.74 Å². The molecule has 0 bridgehead atoms. The summed E-state index contributed by atoms with van der Waals surface area (Å²) in [5, 5.41) is 0. The summed E-state index contributed by atoms with van der Waals surface area (Å²) in [6.45, 7) is 5.46. The smallest absolute Gasteiger partial charge is 0.333 e. The highest BCUT2D eigenvalue weighted by atomic mass is 33.1. The van der Waals surface area contributed by atoms with Crippen LogP contribution in [-0.2, 0) is 9.53 Å². The molecular formula is C6H10O2S2. The fraction of sp³-hybridized carbons (Fsp3) is 0.500. The van der Waals surface area contributed by atoms with Crippen molar-refractivity contribution >= 4 is 28.4 Å². The van der Waals surface area contributed by atoms with E-state index < -0.39 is 0 Å². The number of carbonyl (C=O) groups is 1. The molecule has 0 aliphatic heterocycles. The van der Waals surface area contributed by atoms with E-state index >= 15 is 0 Å². The zero-order chi connectivity index (χ0) is 7.98. The van der Waals surface area contributed by atoms with E-state index in [0.717, 1.165) is 0 Å². The lowest BCUT2D eigenvalue weighted by molar-refractivity contribution is -0.138. The van der Waals surface area contributed by atoms with Crippen LogP contribution in [0.25, 0.3) is 0 Å². The van der Waals surface area contributed by atoms with E-state index in [2.05, 4.69) is 18.2 Å². The molecule has 0 fully saturated rings. The molecule has 0 spiro atoms. The van der Waals surface area contributed by atoms with Gasteiger partial charge in [-0.15, -0.1) is 11.7 Å². The minimum absolute atomic E-state index is 0.331. The molecule has 0 heterocycles. The van der Waals surface area contributed by atoms with Gasteiger partial charge in [-0.25, -0.2) is 4.79 Å². The Labute approximate surface area is 69.8 Å². The maximum atomic E-state index is 10.7. The van der Waals surface area contributed by atoms with E-state index in [1.165, 1.54) is 10.8 Å². The predicted molar refractivity (Wildman–Crippen MR) is 47.2 cm³/mol. The van der Waals surface area contributed by atoms with Crippen LogP contribution in [0.1, 0.15) is 6.92 Å². The van der Waals surface area contributed by atoms with Crippen molar-refractivity contribution in [3.05, 3.63) is 12.2 Å². The summed E-state index contributed by atoms with van der Waals surface area (Å²) in [7, 11) is 1.34. The van der Waals surface area contributed by atoms with Gasteiger partial charge in [0.1, 0.15) is 6.61 Å². The molecule has 58 valence electrons. The number of hydrogen-bond acceptors (Lipinski definition) is 4. The second kappa shape index (κ2) is 5.68. The minimum atomic E-state index is -0.331. The maximum absolute atomic E-state index is 10.7. The zero-order valence-electron chi connectivity index (χ0n) is 5.79. The van der Waals surface area contributed by atoms with Crippen molar-refractivity contribution < 1.29 is 9.53 Å². The zero-order valence-corrected chi connectivity index (χ0v) is 7.50. The molecule has 0 N–H and O–H groups in total. The van der Waals surface area contributed by atoms with E-state index in [0.29, 0.717) is 17.9 Å². The Kier molecular flexibility index (Phi) is 5.63. The molecule has 0 radical (unpaired) electrons. The van der Waals surface area contributed by atoms with Crippen molar-refractivity contribution in [3.63, 3.8) is 0 Å². The van der Waals surface area contributed by atoms with Crippen LogP contribution in [0.15, 0.2) is 12.2 Å². The van der Waals surface area contributed by atoms with Gasteiger partial charge in [-0.2, -0.15) is 0 Å². The number of thiol groups is 1. The number of carbonyl (C=O) groups excluding carboxylic acids is 1. The molecule has 0 unspecified atom stereocenters. The highest BCUT2D eigenvalue weighted by Crippen LogP contribution is 2.03. The van der Waals surface area contributed by atoms with Crippen molar-refractivity contribution in [2.75, 3.05) is 12.4 Å². The number of ether oxygens (including phenoxy) is 1. The van der Waals surface area contributed by atoms with Crippen molar-refractivity contribution in [1.82, 2.24) is 0 Å². The monoisotopic (exact) mass is 178 g/mol. The second-order valence-corrected chi connectivity index (χ2v) is 3.19. The van der Waals surface area contributed by atoms with Crippen molar-refractivity contribution in [1.29, 1.82) is 0 Å². The molecule has 0 rings (SSSR count). The lowest BCUT2D eigenvalue weighted by Crippen LogP contribution is -2.06. The molecule has 4 heteroatoms. The Balaban J connectivity index is 3.31. The Morgan fingerprint density at radius 2 is 2.40 bits per heavy atom. The summed E-state index contributed by atoms with van der Waals surface area (Å²) >= 11 is 3.88. The summed E-state index contributed by atoms with van der Waals surface area (Å²) in [6, 6.07) is 0. The molecule has 2 nitrogen and oxygen atoms in total. The molecule has 0 saturated heterocycles. The van der Waals surface area contributed by atoms with Gasteiger partial charge in [0.15, 0.2) is 0 Å². The first-order valence-electron chi connectivity index (χ1n) is 2.77. The van der Waals surface area contributed by atoms with Crippen LogP contribution in [-0.4, -0.2) is 18.3 Å². The third-order valence-electron chi connectivity index (χ3n) is 0.756. The van der Waals surface area contributed by atoms with Crippen LogP contribution in [0.5, 0.6) is 0 Å². The Hall–Kier alpha value is -0.0900. The van der Waals surface area contributed by atoms with Crippen molar-refractivity contribution in [3.8, 4) is 0 Å². The minimum Gasteiger partial charge on any atom is -0.461 e. The number of hydrogen-bond donors (Lipinski definition) is 1. The molecule has 0 aliphatic rings. The molecule has 0 atom stereocenters. The fourth-order valence-corrected chi connectivity index (χ4v) is 0.676. The van der Waals surface area contributed by atoms with E-state index in [9.17, 15) is 4.79 Å². The van der Waals surface area contributed by atoms with Gasteiger partial charge in [-0.05, 0) is 6.92 Å². The van der Waals surface area contributed by atoms with Gasteiger partial charge in [-0.3, -0.25) is 0 Å². The van der Waals surface area contributed by atoms with Crippen LogP contribution < -0.4 is 0 Å². The van der Waals surface area contributed by atoms with Crippen molar-refractivity contribution in [2.45, 2.75) is 6.92 Å². The second-order valence-electron chi connectivity index (χ2n) is 1.75. The van der Waals surface area contributed by atoms with E-state index in [1.54, 1.807) is 6.92 Å². The summed E-state index contributed by atoms with van der Waals surface area (Å²) in [5.74, 6) is 0.379. The first kappa shape index (κ1) is 9.91. The molecule has 0 aromatic rings. The molecule has 0 amide bonds. The van der Waals surface area contributed by atoms with Crippen LogP contribution >= 0.6 is 22.5 Å². The molecule has 10 heavy (non-hydrogen) atoms. The van der Waals surface area contributed by atoms with E-state index in [1.807, 2.05) is 0 Å². The topological polar surface area (TPSA) is 26.3 Å². The standard InChI is InChI=1S/C6H10O2S2/c1-5(2)6(7)8-3-4-10-9/h9H,1,3-4H2,2H3. The summed E-state index contributed by atoms with van der Waals surface area (Å²) in [5.41, 5.74) is 0.434. The van der Waals surface area contributed by atoms with Crippen molar-refractivity contribution in [2.24, 2.45) is 0 Å². The predicted octanol–water partition coefficient (Wildman–Crippen LogP) is 1.68. The number of esters is 1. The lowest BCUT2D eigenvalue weighted by atomic mass is 10.4. The molecule has 0 aromatic carbocycles. The SMILES string of the molecule is C=C(C)C(=O)OCCSS. The third kappa shape index (κ3) is 4.76. The van der Waals surface area contributed by atoms with E-state index in [-0.39, 0.29) is 5.97 Å². The largest absolute Gasteiger partial charge is 0.461 e. The average molecular weight is 178 g/mol. The quantitative estimate of drug-likeness (QED) is 0.233. The highest BCUT2D eigenvalue weighted by Gasteiger charge is 2.00. The summed E-state index contributed by atoms with van der Waals surface area (Å²) in [4.78, 5) is 10.7. The normalized spacial score (nSPS) is 9.00. The first-order chi connectivity index (χ1) is 4.68. The van der Waals surface area contributed by atoms with Gasteiger partial charge in [0.2, 0.25) is 0 Å². The van der Waals surface area contributed by atoms with Gasteiger partial charge in [0.25, 0.3) is 0 Å². The van der Waals surface area contributed by atoms with Gasteiger partial charge in [0, 0.05) is 11.3 Å². The fourth-order valence-electron chi connectivity index (χ4n) is 0.295. The van der Waals surface area contributed by atoms with Crippen LogP contribution in [0.2, 0.25) is 0 Å². The Morgan fingerprint density at radius 1 is 1.80 bits per heavy atom. The third-order valence-corrected chi connectivity index (χ3v) is 1.65. The Morgan fingerprint density at radius 3 is 2.80 bits per heavy atom. The van der Waals surface area contributed by atoms with Gasteiger partial charge in [0.05, 0.1) is 0 Å². The molecule has 0 saturated carbocycles. The average Bonchev–Trinajstić information content (AvgIpc) is 1.88.